The number of nitrogens with zero attached hydrogens (tertiary/aromatic N) is 1. The van der Waals surface area contributed by atoms with E-state index in [1.54, 1.807) is 12.1 Å². The minimum Gasteiger partial charge on any atom is -0.489 e. The number of ether oxygens (including phenoxy) is 1. The molecule has 0 aliphatic carbocycles. The van der Waals surface area contributed by atoms with Crippen molar-refractivity contribution in [3.63, 3.8) is 0 Å². The van der Waals surface area contributed by atoms with Crippen LogP contribution in [0.2, 0.25) is 0 Å². The quantitative estimate of drug-likeness (QED) is 0.632. The molecule has 21 heavy (non-hydrogen) atoms. The van der Waals surface area contributed by atoms with E-state index < -0.39 is 0 Å². The Labute approximate surface area is 129 Å². The Balaban J connectivity index is 2.03. The van der Waals surface area contributed by atoms with Crippen LogP contribution in [0.1, 0.15) is 22.3 Å². The van der Waals surface area contributed by atoms with Crippen LogP contribution in [-0.4, -0.2) is 5.88 Å². The summed E-state index contributed by atoms with van der Waals surface area (Å²) in [5.74, 6) is 6.98. The minimum atomic E-state index is 0.330. The maximum absolute atomic E-state index is 8.75. The lowest BCUT2D eigenvalue weighted by atomic mass is 10.1. The molecule has 0 spiro atoms. The molecule has 2 aromatic carbocycles. The van der Waals surface area contributed by atoms with E-state index in [4.69, 9.17) is 21.6 Å². The third kappa shape index (κ3) is 4.28. The van der Waals surface area contributed by atoms with Crippen molar-refractivity contribution in [2.24, 2.45) is 0 Å². The van der Waals surface area contributed by atoms with Gasteiger partial charge in [0.2, 0.25) is 0 Å². The Morgan fingerprint density at radius 2 is 1.90 bits per heavy atom. The van der Waals surface area contributed by atoms with Crippen LogP contribution < -0.4 is 4.74 Å². The topological polar surface area (TPSA) is 33.0 Å². The van der Waals surface area contributed by atoms with Crippen LogP contribution in [0.3, 0.4) is 0 Å². The molecule has 0 saturated heterocycles. The average molecular weight is 296 g/mol. The number of nitriles is 1. The highest BCUT2D eigenvalue weighted by molar-refractivity contribution is 6.19. The van der Waals surface area contributed by atoms with E-state index in [2.05, 4.69) is 17.9 Å². The van der Waals surface area contributed by atoms with Crippen molar-refractivity contribution in [1.82, 2.24) is 0 Å². The van der Waals surface area contributed by atoms with Crippen molar-refractivity contribution in [3.8, 4) is 23.7 Å². The number of hydrogen-bond donors (Lipinski definition) is 0. The summed E-state index contributed by atoms with van der Waals surface area (Å²) in [4.78, 5) is 0. The first-order valence-corrected chi connectivity index (χ1v) is 7.03. The van der Waals surface area contributed by atoms with E-state index in [-0.39, 0.29) is 0 Å². The number of halogens is 1. The number of aryl methyl sites for hydroxylation is 1. The van der Waals surface area contributed by atoms with E-state index >= 15 is 0 Å². The van der Waals surface area contributed by atoms with Crippen LogP contribution >= 0.6 is 11.6 Å². The molecule has 0 fully saturated rings. The summed E-state index contributed by atoms with van der Waals surface area (Å²) < 4.78 is 5.75. The second kappa shape index (κ2) is 7.39. The van der Waals surface area contributed by atoms with Gasteiger partial charge in [0.15, 0.2) is 0 Å². The zero-order chi connectivity index (χ0) is 15.1. The predicted octanol–water partition coefficient (Wildman–Crippen LogP) is 4.04. The first-order valence-electron chi connectivity index (χ1n) is 6.50. The number of alkyl halides is 1. The lowest BCUT2D eigenvalue weighted by Gasteiger charge is -2.08. The van der Waals surface area contributed by atoms with Gasteiger partial charge in [0.1, 0.15) is 12.4 Å². The number of rotatable bonds is 3. The molecule has 0 unspecified atom stereocenters. The fourth-order valence-corrected chi connectivity index (χ4v) is 1.90. The Kier molecular flexibility index (Phi) is 5.27. The lowest BCUT2D eigenvalue weighted by molar-refractivity contribution is 0.306. The van der Waals surface area contributed by atoms with Gasteiger partial charge >= 0.3 is 0 Å². The molecule has 0 bridgehead atoms. The van der Waals surface area contributed by atoms with Crippen LogP contribution in [-0.2, 0) is 6.61 Å². The van der Waals surface area contributed by atoms with Crippen molar-refractivity contribution in [2.75, 3.05) is 5.88 Å². The summed E-state index contributed by atoms with van der Waals surface area (Å²) in [6, 6.07) is 15.2. The highest BCUT2D eigenvalue weighted by Gasteiger charge is 2.00. The maximum Gasteiger partial charge on any atom is 0.120 e. The molecule has 2 nitrogen and oxygen atoms in total. The van der Waals surface area contributed by atoms with Crippen LogP contribution in [0, 0.1) is 30.1 Å². The van der Waals surface area contributed by atoms with Crippen molar-refractivity contribution in [1.29, 1.82) is 5.26 Å². The molecule has 0 aromatic heterocycles. The third-order valence-corrected chi connectivity index (χ3v) is 3.11. The third-order valence-electron chi connectivity index (χ3n) is 2.98. The Bertz CT molecular complexity index is 718. The molecule has 104 valence electrons. The normalized spacial score (nSPS) is 9.38. The highest BCUT2D eigenvalue weighted by Crippen LogP contribution is 2.18. The molecule has 0 saturated carbocycles. The maximum atomic E-state index is 8.75. The monoisotopic (exact) mass is 295 g/mol. The summed E-state index contributed by atoms with van der Waals surface area (Å²) in [5.41, 5.74) is 3.70. The van der Waals surface area contributed by atoms with Gasteiger partial charge in [-0.05, 0) is 48.4 Å². The largest absolute Gasteiger partial charge is 0.489 e. The molecule has 2 aromatic rings. The minimum absolute atomic E-state index is 0.330. The molecule has 0 aliphatic rings. The summed E-state index contributed by atoms with van der Waals surface area (Å²) in [6.45, 7) is 2.46. The molecule has 0 aliphatic heterocycles. The van der Waals surface area contributed by atoms with Gasteiger partial charge in [-0.15, -0.1) is 11.6 Å². The van der Waals surface area contributed by atoms with Crippen LogP contribution in [0.15, 0.2) is 42.5 Å². The summed E-state index contributed by atoms with van der Waals surface area (Å²) in [5, 5.41) is 8.75. The highest BCUT2D eigenvalue weighted by atomic mass is 35.5. The molecule has 0 atom stereocenters. The SMILES string of the molecule is Cc1cc(OCc2ccc(C#N)cc2)ccc1C#CCCl. The first-order chi connectivity index (χ1) is 10.2. The average Bonchev–Trinajstić information content (AvgIpc) is 2.52. The number of benzene rings is 2. The lowest BCUT2D eigenvalue weighted by Crippen LogP contribution is -1.96. The van der Waals surface area contributed by atoms with Gasteiger partial charge in [0.25, 0.3) is 0 Å². The van der Waals surface area contributed by atoms with Crippen molar-refractivity contribution in [3.05, 3.63) is 64.7 Å². The van der Waals surface area contributed by atoms with Gasteiger partial charge in [-0.25, -0.2) is 0 Å². The summed E-state index contributed by atoms with van der Waals surface area (Å²) in [6.07, 6.45) is 0. The van der Waals surface area contributed by atoms with Gasteiger partial charge in [-0.1, -0.05) is 24.0 Å². The summed E-state index contributed by atoms with van der Waals surface area (Å²) in [7, 11) is 0. The van der Waals surface area contributed by atoms with E-state index in [0.29, 0.717) is 18.1 Å². The fourth-order valence-electron chi connectivity index (χ4n) is 1.84. The Hall–Kier alpha value is -2.42. The Morgan fingerprint density at radius 3 is 2.52 bits per heavy atom. The fraction of sp³-hybridized carbons (Fsp3) is 0.167. The molecular formula is C18H14ClNO. The van der Waals surface area contributed by atoms with Gasteiger partial charge in [0.05, 0.1) is 17.5 Å². The van der Waals surface area contributed by atoms with E-state index in [1.807, 2.05) is 37.3 Å². The predicted molar refractivity (Wildman–Crippen MR) is 84.3 cm³/mol. The van der Waals surface area contributed by atoms with Gasteiger partial charge in [0, 0.05) is 5.56 Å². The molecule has 3 heteroatoms. The van der Waals surface area contributed by atoms with E-state index in [1.165, 1.54) is 0 Å². The van der Waals surface area contributed by atoms with Gasteiger partial charge < -0.3 is 4.74 Å². The zero-order valence-corrected chi connectivity index (χ0v) is 12.4. The second-order valence-electron chi connectivity index (χ2n) is 4.51. The molecule has 0 amide bonds. The number of hydrogen-bond acceptors (Lipinski definition) is 2. The van der Waals surface area contributed by atoms with Crippen molar-refractivity contribution in [2.45, 2.75) is 13.5 Å². The Morgan fingerprint density at radius 1 is 1.14 bits per heavy atom. The van der Waals surface area contributed by atoms with Crippen LogP contribution in [0.5, 0.6) is 5.75 Å². The van der Waals surface area contributed by atoms with E-state index in [9.17, 15) is 0 Å². The van der Waals surface area contributed by atoms with Crippen molar-refractivity contribution >= 4 is 11.6 Å². The standard InChI is InChI=1S/C18H14ClNO/c1-14-11-18(9-8-17(14)3-2-10-19)21-13-16-6-4-15(12-20)5-7-16/h4-9,11H,10,13H2,1H3. The molecule has 2 rings (SSSR count). The second-order valence-corrected chi connectivity index (χ2v) is 4.78. The zero-order valence-electron chi connectivity index (χ0n) is 11.7. The van der Waals surface area contributed by atoms with Gasteiger partial charge in [-0.2, -0.15) is 5.26 Å². The van der Waals surface area contributed by atoms with Crippen LogP contribution in [0.4, 0.5) is 0 Å². The summed E-state index contributed by atoms with van der Waals surface area (Å²) >= 11 is 5.56. The van der Waals surface area contributed by atoms with Gasteiger partial charge in [-0.3, -0.25) is 0 Å². The molecule has 0 radical (unpaired) electrons. The van der Waals surface area contributed by atoms with Crippen molar-refractivity contribution < 1.29 is 4.74 Å². The molecular weight excluding hydrogens is 282 g/mol. The van der Waals surface area contributed by atoms with Crippen LogP contribution in [0.25, 0.3) is 0 Å². The smallest absolute Gasteiger partial charge is 0.120 e. The molecule has 0 N–H and O–H groups in total. The first kappa shape index (κ1) is 15.0. The van der Waals surface area contributed by atoms with E-state index in [0.717, 1.165) is 22.4 Å². The molecule has 0 heterocycles.